The third kappa shape index (κ3) is 3.74. The first-order valence-corrected chi connectivity index (χ1v) is 10.1. The highest BCUT2D eigenvalue weighted by atomic mass is 19.1. The molecule has 32 heavy (non-hydrogen) atoms. The van der Waals surface area contributed by atoms with Gasteiger partial charge in [0.05, 0.1) is 18.4 Å². The molecule has 7 nitrogen and oxygen atoms in total. The molecular formula is C24H19FN6O. The van der Waals surface area contributed by atoms with Crippen molar-refractivity contribution >= 4 is 17.4 Å². The average Bonchev–Trinajstić information content (AvgIpc) is 3.42. The van der Waals surface area contributed by atoms with Crippen molar-refractivity contribution in [2.75, 3.05) is 5.32 Å². The first-order chi connectivity index (χ1) is 15.6. The molecule has 0 fully saturated rings. The largest absolute Gasteiger partial charge is 0.305 e. The third-order valence-corrected chi connectivity index (χ3v) is 5.17. The van der Waals surface area contributed by atoms with Crippen molar-refractivity contribution in [1.82, 2.24) is 24.4 Å². The van der Waals surface area contributed by atoms with Gasteiger partial charge in [-0.25, -0.2) is 13.9 Å². The van der Waals surface area contributed by atoms with Crippen LogP contribution in [0.4, 0.5) is 10.2 Å². The number of halogens is 1. The van der Waals surface area contributed by atoms with Crippen LogP contribution < -0.4 is 5.32 Å². The van der Waals surface area contributed by atoms with Gasteiger partial charge < -0.3 is 5.32 Å². The van der Waals surface area contributed by atoms with Gasteiger partial charge in [-0.1, -0.05) is 48.0 Å². The molecule has 0 aliphatic rings. The molecule has 0 bridgehead atoms. The van der Waals surface area contributed by atoms with E-state index in [9.17, 15) is 9.18 Å². The number of benzene rings is 2. The van der Waals surface area contributed by atoms with E-state index in [0.717, 1.165) is 16.8 Å². The number of amides is 1. The van der Waals surface area contributed by atoms with E-state index in [4.69, 9.17) is 0 Å². The zero-order valence-electron chi connectivity index (χ0n) is 17.2. The summed E-state index contributed by atoms with van der Waals surface area (Å²) < 4.78 is 17.1. The van der Waals surface area contributed by atoms with Gasteiger partial charge in [0, 0.05) is 29.6 Å². The van der Waals surface area contributed by atoms with Crippen molar-refractivity contribution in [2.24, 2.45) is 0 Å². The van der Waals surface area contributed by atoms with E-state index >= 15 is 0 Å². The van der Waals surface area contributed by atoms with E-state index in [1.165, 1.54) is 12.3 Å². The molecule has 3 heterocycles. The number of carbonyl (C=O) groups is 1. The molecule has 0 radical (unpaired) electrons. The summed E-state index contributed by atoms with van der Waals surface area (Å²) in [6.45, 7) is 2.29. The molecule has 0 unspecified atom stereocenters. The van der Waals surface area contributed by atoms with Crippen LogP contribution in [0.15, 0.2) is 79.3 Å². The monoisotopic (exact) mass is 426 g/mol. The molecule has 158 valence electrons. The number of fused-ring (bicyclic) bond motifs is 1. The zero-order valence-corrected chi connectivity index (χ0v) is 17.2. The van der Waals surface area contributed by atoms with Crippen molar-refractivity contribution < 1.29 is 9.18 Å². The van der Waals surface area contributed by atoms with Gasteiger partial charge in [0.2, 0.25) is 0 Å². The quantitative estimate of drug-likeness (QED) is 0.454. The molecule has 0 atom stereocenters. The maximum atomic E-state index is 13.9. The number of hydrogen-bond donors (Lipinski definition) is 1. The van der Waals surface area contributed by atoms with Gasteiger partial charge in [0.15, 0.2) is 11.5 Å². The molecule has 5 aromatic rings. The Hall–Kier alpha value is -4.33. The highest BCUT2D eigenvalue weighted by Gasteiger charge is 2.17. The summed E-state index contributed by atoms with van der Waals surface area (Å²) in [5.74, 6) is -0.305. The standard InChI is InChI=1S/C24H19FN6O/c1-16-6-8-17(9-7-16)21-10-12-26-23-19(14-27-31(21)23)24(32)28-22-11-13-30(29-22)15-18-4-2-3-5-20(18)25/h2-14H,15H2,1H3,(H,28,29,32). The lowest BCUT2D eigenvalue weighted by molar-refractivity contribution is 0.102. The van der Waals surface area contributed by atoms with Crippen LogP contribution in [0.25, 0.3) is 16.9 Å². The molecule has 0 spiro atoms. The summed E-state index contributed by atoms with van der Waals surface area (Å²) in [6, 6.07) is 18.1. The fraction of sp³-hybridized carbons (Fsp3) is 0.0833. The molecule has 1 amide bonds. The lowest BCUT2D eigenvalue weighted by Gasteiger charge is -2.06. The summed E-state index contributed by atoms with van der Waals surface area (Å²) in [4.78, 5) is 17.2. The van der Waals surface area contributed by atoms with Crippen LogP contribution in [0.5, 0.6) is 0 Å². The number of anilines is 1. The van der Waals surface area contributed by atoms with E-state index < -0.39 is 0 Å². The molecule has 0 aliphatic carbocycles. The van der Waals surface area contributed by atoms with Crippen LogP contribution in [0, 0.1) is 12.7 Å². The van der Waals surface area contributed by atoms with E-state index in [1.807, 2.05) is 37.3 Å². The molecular weight excluding hydrogens is 407 g/mol. The van der Waals surface area contributed by atoms with Gasteiger partial charge in [-0.3, -0.25) is 9.48 Å². The lowest BCUT2D eigenvalue weighted by atomic mass is 10.1. The number of nitrogens with one attached hydrogen (secondary N) is 1. The van der Waals surface area contributed by atoms with Crippen LogP contribution in [-0.2, 0) is 6.54 Å². The lowest BCUT2D eigenvalue weighted by Crippen LogP contribution is -2.13. The Morgan fingerprint density at radius 1 is 1.06 bits per heavy atom. The zero-order chi connectivity index (χ0) is 22.1. The summed E-state index contributed by atoms with van der Waals surface area (Å²) in [5.41, 5.74) is 4.28. The van der Waals surface area contributed by atoms with Crippen molar-refractivity contribution in [2.45, 2.75) is 13.5 Å². The molecule has 3 aromatic heterocycles. The molecule has 2 aromatic carbocycles. The summed E-state index contributed by atoms with van der Waals surface area (Å²) in [6.07, 6.45) is 4.84. The SMILES string of the molecule is Cc1ccc(-c2ccnc3c(C(=O)Nc4ccn(Cc5ccccc5F)n4)cnn23)cc1. The summed E-state index contributed by atoms with van der Waals surface area (Å²) in [5, 5.41) is 11.5. The van der Waals surface area contributed by atoms with Crippen LogP contribution >= 0.6 is 0 Å². The van der Waals surface area contributed by atoms with Crippen LogP contribution in [0.3, 0.4) is 0 Å². The Bertz CT molecular complexity index is 1420. The highest BCUT2D eigenvalue weighted by molar-refractivity contribution is 6.07. The molecule has 8 heteroatoms. The Morgan fingerprint density at radius 2 is 1.88 bits per heavy atom. The Morgan fingerprint density at radius 3 is 2.69 bits per heavy atom. The molecule has 0 saturated heterocycles. The van der Waals surface area contributed by atoms with Gasteiger partial charge in [-0.2, -0.15) is 10.2 Å². The Labute approximate surface area is 183 Å². The first-order valence-electron chi connectivity index (χ1n) is 10.1. The van der Waals surface area contributed by atoms with Gasteiger partial charge in [-0.05, 0) is 19.1 Å². The van der Waals surface area contributed by atoms with Crippen molar-refractivity contribution in [1.29, 1.82) is 0 Å². The van der Waals surface area contributed by atoms with E-state index in [1.54, 1.807) is 45.9 Å². The van der Waals surface area contributed by atoms with Crippen molar-refractivity contribution in [3.05, 3.63) is 102 Å². The third-order valence-electron chi connectivity index (χ3n) is 5.17. The molecule has 5 rings (SSSR count). The number of aromatic nitrogens is 5. The van der Waals surface area contributed by atoms with Gasteiger partial charge in [0.25, 0.3) is 5.91 Å². The fourth-order valence-electron chi connectivity index (χ4n) is 3.50. The van der Waals surface area contributed by atoms with E-state index in [2.05, 4.69) is 20.5 Å². The second kappa shape index (κ2) is 8.07. The number of rotatable bonds is 5. The van der Waals surface area contributed by atoms with Gasteiger partial charge in [-0.15, -0.1) is 0 Å². The average molecular weight is 426 g/mol. The minimum absolute atomic E-state index is 0.265. The first kappa shape index (κ1) is 19.6. The summed E-state index contributed by atoms with van der Waals surface area (Å²) in [7, 11) is 0. The molecule has 0 aliphatic heterocycles. The molecule has 1 N–H and O–H groups in total. The summed E-state index contributed by atoms with van der Waals surface area (Å²) >= 11 is 0. The number of aryl methyl sites for hydroxylation is 1. The van der Waals surface area contributed by atoms with E-state index in [-0.39, 0.29) is 18.3 Å². The minimum atomic E-state index is -0.371. The number of carbonyl (C=O) groups excluding carboxylic acids is 1. The van der Waals surface area contributed by atoms with Crippen molar-refractivity contribution in [3.63, 3.8) is 0 Å². The normalized spacial score (nSPS) is 11.1. The minimum Gasteiger partial charge on any atom is -0.305 e. The van der Waals surface area contributed by atoms with Crippen LogP contribution in [0.2, 0.25) is 0 Å². The smallest absolute Gasteiger partial charge is 0.262 e. The van der Waals surface area contributed by atoms with Crippen LogP contribution in [0.1, 0.15) is 21.5 Å². The van der Waals surface area contributed by atoms with Crippen LogP contribution in [-0.4, -0.2) is 30.3 Å². The van der Waals surface area contributed by atoms with Gasteiger partial charge >= 0.3 is 0 Å². The fourth-order valence-corrected chi connectivity index (χ4v) is 3.50. The maximum Gasteiger partial charge on any atom is 0.262 e. The predicted molar refractivity (Wildman–Crippen MR) is 119 cm³/mol. The Balaban J connectivity index is 1.38. The van der Waals surface area contributed by atoms with Gasteiger partial charge in [0.1, 0.15) is 11.4 Å². The topological polar surface area (TPSA) is 77.1 Å². The maximum absolute atomic E-state index is 13.9. The number of nitrogens with zero attached hydrogens (tertiary/aromatic N) is 5. The van der Waals surface area contributed by atoms with Crippen molar-refractivity contribution in [3.8, 4) is 11.3 Å². The Kier molecular flexibility index (Phi) is 4.95. The van der Waals surface area contributed by atoms with E-state index in [0.29, 0.717) is 22.6 Å². The predicted octanol–water partition coefficient (Wildman–Crippen LogP) is 4.34. The highest BCUT2D eigenvalue weighted by Crippen LogP contribution is 2.22. The number of hydrogen-bond acceptors (Lipinski definition) is 4. The second-order valence-electron chi connectivity index (χ2n) is 7.43. The second-order valence-corrected chi connectivity index (χ2v) is 7.43. The molecule has 0 saturated carbocycles.